The van der Waals surface area contributed by atoms with Crippen molar-refractivity contribution in [3.63, 3.8) is 0 Å². The van der Waals surface area contributed by atoms with Gasteiger partial charge in [0.2, 0.25) is 0 Å². The van der Waals surface area contributed by atoms with Gasteiger partial charge in [-0.25, -0.2) is 4.79 Å². The Morgan fingerprint density at radius 3 is 2.41 bits per heavy atom. The number of nitrogens with zero attached hydrogens (tertiary/aromatic N) is 1. The van der Waals surface area contributed by atoms with E-state index in [4.69, 9.17) is 5.11 Å². The lowest BCUT2D eigenvalue weighted by Crippen LogP contribution is -2.28. The first-order valence-corrected chi connectivity index (χ1v) is 5.76. The summed E-state index contributed by atoms with van der Waals surface area (Å²) in [5.74, 6) is -1.11. The second-order valence-electron chi connectivity index (χ2n) is 4.91. The monoisotopic (exact) mass is 237 g/mol. The minimum Gasteiger partial charge on any atom is -0.477 e. The van der Waals surface area contributed by atoms with Gasteiger partial charge in [0, 0.05) is 17.3 Å². The van der Waals surface area contributed by atoms with Crippen molar-refractivity contribution < 1.29 is 14.7 Å². The smallest absolute Gasteiger partial charge is 0.352 e. The lowest BCUT2D eigenvalue weighted by atomic mass is 9.98. The van der Waals surface area contributed by atoms with Crippen LogP contribution in [0.25, 0.3) is 0 Å². The van der Waals surface area contributed by atoms with Crippen LogP contribution >= 0.6 is 0 Å². The third kappa shape index (κ3) is 2.75. The Balaban J connectivity index is 3.30. The van der Waals surface area contributed by atoms with Gasteiger partial charge in [-0.1, -0.05) is 13.3 Å². The van der Waals surface area contributed by atoms with E-state index in [1.165, 1.54) is 13.0 Å². The van der Waals surface area contributed by atoms with Crippen LogP contribution in [-0.2, 0) is 5.54 Å². The summed E-state index contributed by atoms with van der Waals surface area (Å²) in [7, 11) is 0. The van der Waals surface area contributed by atoms with Crippen LogP contribution in [0.4, 0.5) is 0 Å². The topological polar surface area (TPSA) is 59.3 Å². The Bertz CT molecular complexity index is 444. The first kappa shape index (κ1) is 13.5. The number of carbonyl (C=O) groups excluding carboxylic acids is 1. The number of carboxylic acids is 1. The molecule has 0 aliphatic carbocycles. The average Bonchev–Trinajstić information content (AvgIpc) is 2.62. The number of rotatable bonds is 5. The zero-order valence-corrected chi connectivity index (χ0v) is 10.8. The van der Waals surface area contributed by atoms with E-state index in [0.717, 1.165) is 12.8 Å². The number of hydrogen-bond donors (Lipinski definition) is 1. The van der Waals surface area contributed by atoms with Crippen molar-refractivity contribution in [1.29, 1.82) is 0 Å². The highest BCUT2D eigenvalue weighted by Crippen LogP contribution is 2.25. The van der Waals surface area contributed by atoms with E-state index in [1.807, 2.05) is 13.8 Å². The normalized spacial score (nSPS) is 11.5. The maximum Gasteiger partial charge on any atom is 0.352 e. The molecule has 0 saturated carbocycles. The summed E-state index contributed by atoms with van der Waals surface area (Å²) in [6.07, 6.45) is 3.46. The Kier molecular flexibility index (Phi) is 3.76. The van der Waals surface area contributed by atoms with E-state index < -0.39 is 5.97 Å². The molecule has 0 aromatic carbocycles. The molecular formula is C13H19NO3. The Morgan fingerprint density at radius 1 is 1.41 bits per heavy atom. The molecule has 17 heavy (non-hydrogen) atoms. The number of ketones is 1. The minimum absolute atomic E-state index is 0.112. The predicted molar refractivity (Wildman–Crippen MR) is 65.6 cm³/mol. The third-order valence-corrected chi connectivity index (χ3v) is 2.96. The quantitative estimate of drug-likeness (QED) is 0.801. The number of aromatic carboxylic acids is 1. The average molecular weight is 237 g/mol. The van der Waals surface area contributed by atoms with Crippen molar-refractivity contribution in [3.05, 3.63) is 23.5 Å². The first-order valence-electron chi connectivity index (χ1n) is 5.76. The van der Waals surface area contributed by atoms with Crippen LogP contribution in [0, 0.1) is 0 Å². The van der Waals surface area contributed by atoms with Crippen LogP contribution in [-0.4, -0.2) is 21.4 Å². The molecule has 1 heterocycles. The van der Waals surface area contributed by atoms with Crippen LogP contribution in [0.1, 0.15) is 61.4 Å². The number of Topliss-reactive ketones (excluding diaryl/α,β-unsaturated/α-hetero) is 1. The van der Waals surface area contributed by atoms with Crippen molar-refractivity contribution >= 4 is 11.8 Å². The fourth-order valence-corrected chi connectivity index (χ4v) is 2.05. The number of carbonyl (C=O) groups is 2. The van der Waals surface area contributed by atoms with Gasteiger partial charge >= 0.3 is 5.97 Å². The molecule has 1 N–H and O–H groups in total. The molecule has 0 radical (unpaired) electrons. The van der Waals surface area contributed by atoms with Gasteiger partial charge in [0.25, 0.3) is 0 Å². The summed E-state index contributed by atoms with van der Waals surface area (Å²) < 4.78 is 1.69. The highest BCUT2D eigenvalue weighted by atomic mass is 16.4. The molecule has 94 valence electrons. The van der Waals surface area contributed by atoms with Crippen LogP contribution in [0.3, 0.4) is 0 Å². The predicted octanol–water partition coefficient (Wildman–Crippen LogP) is 2.92. The Labute approximate surface area is 101 Å². The molecule has 1 aromatic heterocycles. The molecule has 0 amide bonds. The minimum atomic E-state index is -0.998. The van der Waals surface area contributed by atoms with Gasteiger partial charge in [-0.15, -0.1) is 0 Å². The molecule has 4 nitrogen and oxygen atoms in total. The van der Waals surface area contributed by atoms with Crippen molar-refractivity contribution in [3.8, 4) is 0 Å². The maximum absolute atomic E-state index is 11.3. The maximum atomic E-state index is 11.3. The van der Waals surface area contributed by atoms with Gasteiger partial charge in [0.15, 0.2) is 5.78 Å². The number of hydrogen-bond acceptors (Lipinski definition) is 2. The molecule has 1 aromatic rings. The fraction of sp³-hybridized carbons (Fsp3) is 0.538. The van der Waals surface area contributed by atoms with Gasteiger partial charge in [-0.05, 0) is 33.3 Å². The van der Waals surface area contributed by atoms with Crippen molar-refractivity contribution in [2.45, 2.75) is 46.1 Å². The Morgan fingerprint density at radius 2 is 2.00 bits per heavy atom. The molecule has 4 heteroatoms. The van der Waals surface area contributed by atoms with Gasteiger partial charge in [-0.2, -0.15) is 0 Å². The number of carboxylic acid groups (broad SMARTS) is 1. The van der Waals surface area contributed by atoms with E-state index in [9.17, 15) is 9.59 Å². The van der Waals surface area contributed by atoms with E-state index in [2.05, 4.69) is 6.92 Å². The number of aromatic nitrogens is 1. The van der Waals surface area contributed by atoms with Gasteiger partial charge in [0.05, 0.1) is 0 Å². The molecule has 0 spiro atoms. The van der Waals surface area contributed by atoms with E-state index in [0.29, 0.717) is 5.56 Å². The third-order valence-electron chi connectivity index (χ3n) is 2.96. The molecule has 0 saturated heterocycles. The van der Waals surface area contributed by atoms with E-state index >= 15 is 0 Å². The zero-order chi connectivity index (χ0) is 13.2. The van der Waals surface area contributed by atoms with Crippen molar-refractivity contribution in [2.24, 2.45) is 0 Å². The van der Waals surface area contributed by atoms with Crippen molar-refractivity contribution in [2.75, 3.05) is 0 Å². The van der Waals surface area contributed by atoms with Crippen LogP contribution in [0.5, 0.6) is 0 Å². The van der Waals surface area contributed by atoms with Gasteiger partial charge < -0.3 is 9.67 Å². The standard InChI is InChI=1S/C13H19NO3/c1-5-6-13(3,4)14-8-10(9(2)15)7-11(14)12(16)17/h7-8H,5-6H2,1-4H3,(H,16,17). The highest BCUT2D eigenvalue weighted by Gasteiger charge is 2.25. The van der Waals surface area contributed by atoms with Gasteiger partial charge in [-0.3, -0.25) is 4.79 Å². The molecule has 1 rings (SSSR count). The van der Waals surface area contributed by atoms with Crippen LogP contribution in [0.15, 0.2) is 12.3 Å². The molecule has 0 atom stereocenters. The summed E-state index contributed by atoms with van der Waals surface area (Å²) in [6.45, 7) is 7.45. The fourth-order valence-electron chi connectivity index (χ4n) is 2.05. The molecule has 0 fully saturated rings. The second-order valence-corrected chi connectivity index (χ2v) is 4.91. The molecular weight excluding hydrogens is 218 g/mol. The van der Waals surface area contributed by atoms with Gasteiger partial charge in [0.1, 0.15) is 5.69 Å². The Hall–Kier alpha value is -1.58. The summed E-state index contributed by atoms with van der Waals surface area (Å²) in [5, 5.41) is 9.16. The largest absolute Gasteiger partial charge is 0.477 e. The van der Waals surface area contributed by atoms with Crippen LogP contribution < -0.4 is 0 Å². The molecule has 0 aliphatic rings. The molecule has 0 bridgehead atoms. The lowest BCUT2D eigenvalue weighted by Gasteiger charge is -2.28. The summed E-state index contributed by atoms with van der Waals surface area (Å²) >= 11 is 0. The summed E-state index contributed by atoms with van der Waals surface area (Å²) in [6, 6.07) is 1.45. The lowest BCUT2D eigenvalue weighted by molar-refractivity contribution is 0.0676. The highest BCUT2D eigenvalue weighted by molar-refractivity contribution is 5.97. The summed E-state index contributed by atoms with van der Waals surface area (Å²) in [4.78, 5) is 22.5. The SMILES string of the molecule is CCCC(C)(C)n1cc(C(C)=O)cc1C(=O)O. The second kappa shape index (κ2) is 4.73. The summed E-state index contributed by atoms with van der Waals surface area (Å²) in [5.41, 5.74) is 0.330. The molecule has 0 unspecified atom stereocenters. The van der Waals surface area contributed by atoms with E-state index in [-0.39, 0.29) is 17.0 Å². The zero-order valence-electron chi connectivity index (χ0n) is 10.8. The first-order chi connectivity index (χ1) is 7.79. The van der Waals surface area contributed by atoms with Crippen LogP contribution in [0.2, 0.25) is 0 Å². The van der Waals surface area contributed by atoms with Crippen molar-refractivity contribution in [1.82, 2.24) is 4.57 Å². The molecule has 0 aliphatic heterocycles. The van der Waals surface area contributed by atoms with E-state index in [1.54, 1.807) is 10.8 Å².